The predicted octanol–water partition coefficient (Wildman–Crippen LogP) is 3.90. The minimum absolute atomic E-state index is 0.300. The normalized spacial score (nSPS) is 18.1. The number of carboxylic acid groups (broad SMARTS) is 1. The summed E-state index contributed by atoms with van der Waals surface area (Å²) in [5.41, 5.74) is 0.867. The van der Waals surface area contributed by atoms with Gasteiger partial charge in [0.25, 0.3) is 5.91 Å². The Bertz CT molecular complexity index is 643. The Kier molecular flexibility index (Phi) is 5.77. The van der Waals surface area contributed by atoms with Crippen LogP contribution >= 0.6 is 39.9 Å². The van der Waals surface area contributed by atoms with E-state index >= 15 is 0 Å². The number of thiocarbonyl (C=S) groups is 1. The summed E-state index contributed by atoms with van der Waals surface area (Å²) in [5.74, 6) is -1.36. The van der Waals surface area contributed by atoms with Crippen molar-refractivity contribution in [2.45, 2.75) is 25.8 Å². The molecule has 0 spiro atoms. The molecule has 0 bridgehead atoms. The van der Waals surface area contributed by atoms with Crippen molar-refractivity contribution in [1.29, 1.82) is 0 Å². The second-order valence-corrected chi connectivity index (χ2v) is 7.34. The first-order chi connectivity index (χ1) is 10.4. The number of nitrogens with zero attached hydrogens (tertiary/aromatic N) is 1. The van der Waals surface area contributed by atoms with Gasteiger partial charge < -0.3 is 5.11 Å². The molecule has 1 saturated heterocycles. The lowest BCUT2D eigenvalue weighted by Crippen LogP contribution is -2.43. The maximum absolute atomic E-state index is 12.5. The number of halogens is 1. The Labute approximate surface area is 146 Å². The molecule has 0 radical (unpaired) electrons. The zero-order chi connectivity index (χ0) is 16.3. The van der Waals surface area contributed by atoms with Gasteiger partial charge in [0, 0.05) is 4.47 Å². The molecule has 1 amide bonds. The second kappa shape index (κ2) is 7.39. The number of hydrogen-bond acceptors (Lipinski definition) is 4. The summed E-state index contributed by atoms with van der Waals surface area (Å²) in [6, 6.07) is 6.61. The number of carbonyl (C=O) groups excluding carboxylic acids is 1. The van der Waals surface area contributed by atoms with Crippen LogP contribution < -0.4 is 0 Å². The zero-order valence-corrected chi connectivity index (χ0v) is 15.0. The summed E-state index contributed by atoms with van der Waals surface area (Å²) >= 11 is 9.70. The van der Waals surface area contributed by atoms with Crippen LogP contribution in [0, 0.1) is 0 Å². The Balaban J connectivity index is 2.27. The van der Waals surface area contributed by atoms with E-state index in [0.29, 0.717) is 22.1 Å². The monoisotopic (exact) mass is 399 g/mol. The van der Waals surface area contributed by atoms with Crippen molar-refractivity contribution in [2.24, 2.45) is 0 Å². The molecule has 1 N–H and O–H groups in total. The minimum atomic E-state index is -1.02. The summed E-state index contributed by atoms with van der Waals surface area (Å²) in [4.78, 5) is 25.5. The number of thioether (sulfide) groups is 1. The molecule has 1 atom stereocenters. The Morgan fingerprint density at radius 1 is 1.45 bits per heavy atom. The third kappa shape index (κ3) is 3.77. The van der Waals surface area contributed by atoms with Crippen LogP contribution in [0.2, 0.25) is 0 Å². The number of amides is 1. The minimum Gasteiger partial charge on any atom is -0.480 e. The lowest BCUT2D eigenvalue weighted by molar-refractivity contribution is -0.145. The molecule has 0 saturated carbocycles. The van der Waals surface area contributed by atoms with Gasteiger partial charge in [-0.05, 0) is 30.2 Å². The predicted molar refractivity (Wildman–Crippen MR) is 95.5 cm³/mol. The summed E-state index contributed by atoms with van der Waals surface area (Å²) in [7, 11) is 0. The summed E-state index contributed by atoms with van der Waals surface area (Å²) < 4.78 is 1.25. The van der Waals surface area contributed by atoms with Gasteiger partial charge >= 0.3 is 5.97 Å². The van der Waals surface area contributed by atoms with E-state index in [1.165, 1.54) is 4.90 Å². The number of aliphatic carboxylic acids is 1. The first kappa shape index (κ1) is 17.2. The van der Waals surface area contributed by atoms with Gasteiger partial charge in [0.05, 0.1) is 4.91 Å². The van der Waals surface area contributed by atoms with Crippen molar-refractivity contribution < 1.29 is 14.7 Å². The SMILES string of the molecule is CCC[C@H](C(=O)O)N1C(=O)/C(=C/c2ccc(Br)cc2)SC1=S. The Hall–Kier alpha value is -1.18. The molecule has 1 fully saturated rings. The number of hydrogen-bond donors (Lipinski definition) is 1. The highest BCUT2D eigenvalue weighted by molar-refractivity contribution is 9.10. The molecule has 2 rings (SSSR count). The molecule has 0 unspecified atom stereocenters. The van der Waals surface area contributed by atoms with Gasteiger partial charge in [0.1, 0.15) is 10.4 Å². The summed E-state index contributed by atoms with van der Waals surface area (Å²) in [6.45, 7) is 1.88. The molecule has 1 aromatic carbocycles. The quantitative estimate of drug-likeness (QED) is 0.600. The molecule has 22 heavy (non-hydrogen) atoms. The van der Waals surface area contributed by atoms with Gasteiger partial charge in [-0.1, -0.05) is 65.4 Å². The average molecular weight is 400 g/mol. The van der Waals surface area contributed by atoms with Crippen LogP contribution in [0.3, 0.4) is 0 Å². The number of carbonyl (C=O) groups is 2. The summed E-state index contributed by atoms with van der Waals surface area (Å²) in [5, 5.41) is 9.32. The fraction of sp³-hybridized carbons (Fsp3) is 0.267. The third-order valence-electron chi connectivity index (χ3n) is 3.15. The fourth-order valence-electron chi connectivity index (χ4n) is 2.10. The van der Waals surface area contributed by atoms with Gasteiger partial charge in [0.2, 0.25) is 0 Å². The van der Waals surface area contributed by atoms with Crippen molar-refractivity contribution in [2.75, 3.05) is 0 Å². The first-order valence-corrected chi connectivity index (χ1v) is 8.71. The van der Waals surface area contributed by atoms with Crippen LogP contribution in [-0.4, -0.2) is 32.2 Å². The van der Waals surface area contributed by atoms with Crippen molar-refractivity contribution in [3.05, 3.63) is 39.2 Å². The van der Waals surface area contributed by atoms with E-state index < -0.39 is 12.0 Å². The van der Waals surface area contributed by atoms with Crippen LogP contribution in [-0.2, 0) is 9.59 Å². The van der Waals surface area contributed by atoms with E-state index in [1.807, 2.05) is 31.2 Å². The number of carboxylic acids is 1. The highest BCUT2D eigenvalue weighted by atomic mass is 79.9. The van der Waals surface area contributed by atoms with E-state index in [0.717, 1.165) is 21.8 Å². The maximum Gasteiger partial charge on any atom is 0.326 e. The maximum atomic E-state index is 12.5. The average Bonchev–Trinajstić information content (AvgIpc) is 2.73. The molecule has 0 aromatic heterocycles. The van der Waals surface area contributed by atoms with Gasteiger partial charge in [0.15, 0.2) is 0 Å². The van der Waals surface area contributed by atoms with Crippen LogP contribution in [0.15, 0.2) is 33.6 Å². The van der Waals surface area contributed by atoms with Gasteiger partial charge in [-0.25, -0.2) is 4.79 Å². The summed E-state index contributed by atoms with van der Waals surface area (Å²) in [6.07, 6.45) is 2.78. The molecule has 1 aromatic rings. The fourth-order valence-corrected chi connectivity index (χ4v) is 3.72. The smallest absolute Gasteiger partial charge is 0.326 e. The topological polar surface area (TPSA) is 57.6 Å². The van der Waals surface area contributed by atoms with Crippen molar-refractivity contribution in [1.82, 2.24) is 4.90 Å². The van der Waals surface area contributed by atoms with E-state index in [9.17, 15) is 14.7 Å². The second-order valence-electron chi connectivity index (χ2n) is 4.75. The Morgan fingerprint density at radius 3 is 2.64 bits per heavy atom. The van der Waals surface area contributed by atoms with Crippen LogP contribution in [0.25, 0.3) is 6.08 Å². The number of rotatable bonds is 5. The lowest BCUT2D eigenvalue weighted by Gasteiger charge is -2.22. The van der Waals surface area contributed by atoms with Gasteiger partial charge in [-0.15, -0.1) is 0 Å². The standard InChI is InChI=1S/C15H14BrNO3S2/c1-2-3-11(14(19)20)17-13(18)12(22-15(17)21)8-9-4-6-10(16)7-5-9/h4-8,11H,2-3H2,1H3,(H,19,20)/b12-8-/t11-/m1/s1. The van der Waals surface area contributed by atoms with E-state index in [4.69, 9.17) is 12.2 Å². The molecule has 1 aliphatic heterocycles. The van der Waals surface area contributed by atoms with Crippen molar-refractivity contribution >= 4 is 62.2 Å². The molecule has 0 aliphatic carbocycles. The highest BCUT2D eigenvalue weighted by Gasteiger charge is 2.39. The molecule has 116 valence electrons. The van der Waals surface area contributed by atoms with E-state index in [1.54, 1.807) is 6.08 Å². The van der Waals surface area contributed by atoms with E-state index in [-0.39, 0.29) is 5.91 Å². The zero-order valence-electron chi connectivity index (χ0n) is 11.8. The van der Waals surface area contributed by atoms with Crippen LogP contribution in [0.4, 0.5) is 0 Å². The molecular weight excluding hydrogens is 386 g/mol. The Morgan fingerprint density at radius 2 is 2.09 bits per heavy atom. The third-order valence-corrected chi connectivity index (χ3v) is 5.01. The van der Waals surface area contributed by atoms with Crippen LogP contribution in [0.5, 0.6) is 0 Å². The molecular formula is C15H14BrNO3S2. The molecule has 1 heterocycles. The molecule has 7 heteroatoms. The van der Waals surface area contributed by atoms with E-state index in [2.05, 4.69) is 15.9 Å². The largest absolute Gasteiger partial charge is 0.480 e. The highest BCUT2D eigenvalue weighted by Crippen LogP contribution is 2.35. The number of benzene rings is 1. The van der Waals surface area contributed by atoms with Crippen LogP contribution in [0.1, 0.15) is 25.3 Å². The van der Waals surface area contributed by atoms with Gasteiger partial charge in [-0.3, -0.25) is 9.69 Å². The van der Waals surface area contributed by atoms with Gasteiger partial charge in [-0.2, -0.15) is 0 Å². The first-order valence-electron chi connectivity index (χ1n) is 6.69. The van der Waals surface area contributed by atoms with Crippen molar-refractivity contribution in [3.8, 4) is 0 Å². The lowest BCUT2D eigenvalue weighted by atomic mass is 10.1. The molecule has 1 aliphatic rings. The molecule has 4 nitrogen and oxygen atoms in total. The van der Waals surface area contributed by atoms with Crippen molar-refractivity contribution in [3.63, 3.8) is 0 Å².